The zero-order valence-corrected chi connectivity index (χ0v) is 11.1. The first-order valence-corrected chi connectivity index (χ1v) is 6.60. The molecule has 2 aromatic rings. The molecule has 3 nitrogen and oxygen atoms in total. The lowest BCUT2D eigenvalue weighted by Gasteiger charge is -2.26. The Kier molecular flexibility index (Phi) is 3.56. The number of Topliss-reactive ketones (excluding diaryl/α,β-unsaturated/α-hetero) is 1. The Bertz CT molecular complexity index is 688. The van der Waals surface area contributed by atoms with Crippen molar-refractivity contribution in [3.05, 3.63) is 59.7 Å². The third kappa shape index (κ3) is 2.72. The van der Waals surface area contributed by atoms with Gasteiger partial charge in [-0.15, -0.1) is 0 Å². The van der Waals surface area contributed by atoms with Crippen LogP contribution in [0.2, 0.25) is 0 Å². The summed E-state index contributed by atoms with van der Waals surface area (Å²) in [6.45, 7) is 0.312. The molecule has 1 aliphatic rings. The number of ether oxygens (including phenoxy) is 1. The Morgan fingerprint density at radius 3 is 2.86 bits per heavy atom. The summed E-state index contributed by atoms with van der Waals surface area (Å²) >= 11 is 0. The van der Waals surface area contributed by atoms with E-state index in [1.54, 1.807) is 12.1 Å². The highest BCUT2D eigenvalue weighted by Crippen LogP contribution is 2.28. The van der Waals surface area contributed by atoms with E-state index in [2.05, 4.69) is 5.32 Å². The summed E-state index contributed by atoms with van der Waals surface area (Å²) in [7, 11) is 0. The molecule has 1 unspecified atom stereocenters. The topological polar surface area (TPSA) is 38.3 Å². The number of anilines is 1. The molecule has 0 amide bonds. The van der Waals surface area contributed by atoms with Gasteiger partial charge in [0.2, 0.25) is 0 Å². The molecule has 1 heterocycles. The normalized spacial score (nSPS) is 16.6. The lowest BCUT2D eigenvalue weighted by atomic mass is 10.0. The Hall–Kier alpha value is -2.43. The zero-order chi connectivity index (χ0) is 14.8. The maximum absolute atomic E-state index is 13.6. The molecule has 2 aromatic carbocycles. The Morgan fingerprint density at radius 2 is 2.00 bits per heavy atom. The minimum absolute atomic E-state index is 0.0439. The molecule has 1 N–H and O–H groups in total. The van der Waals surface area contributed by atoms with Gasteiger partial charge in [0, 0.05) is 6.42 Å². The van der Waals surface area contributed by atoms with Gasteiger partial charge in [-0.1, -0.05) is 24.3 Å². The minimum Gasteiger partial charge on any atom is -0.479 e. The number of para-hydroxylation sites is 2. The van der Waals surface area contributed by atoms with Crippen molar-refractivity contribution in [3.63, 3.8) is 0 Å². The number of rotatable bonds is 3. The fourth-order valence-electron chi connectivity index (χ4n) is 2.28. The molecular weight excluding hydrogens is 276 g/mol. The van der Waals surface area contributed by atoms with Crippen LogP contribution in [0.25, 0.3) is 0 Å². The lowest BCUT2D eigenvalue weighted by molar-refractivity contribution is -0.124. The summed E-state index contributed by atoms with van der Waals surface area (Å²) in [5.41, 5.74) is 0.862. The van der Waals surface area contributed by atoms with Crippen LogP contribution >= 0.6 is 0 Å². The summed E-state index contributed by atoms with van der Waals surface area (Å²) in [6.07, 6.45) is -0.902. The minimum atomic E-state index is -0.977. The molecule has 0 radical (unpaired) electrons. The number of hydrogen-bond acceptors (Lipinski definition) is 3. The van der Waals surface area contributed by atoms with E-state index in [4.69, 9.17) is 4.74 Å². The highest BCUT2D eigenvalue weighted by molar-refractivity contribution is 5.87. The van der Waals surface area contributed by atoms with E-state index in [9.17, 15) is 13.6 Å². The van der Waals surface area contributed by atoms with Crippen LogP contribution in [0.15, 0.2) is 42.5 Å². The molecule has 0 spiro atoms. The summed E-state index contributed by atoms with van der Waals surface area (Å²) in [6, 6.07) is 11.1. The molecule has 0 aliphatic carbocycles. The van der Waals surface area contributed by atoms with Crippen molar-refractivity contribution in [1.29, 1.82) is 0 Å². The largest absolute Gasteiger partial charge is 0.479 e. The lowest BCUT2D eigenvalue weighted by Crippen LogP contribution is -2.38. The third-order valence-corrected chi connectivity index (χ3v) is 3.39. The Morgan fingerprint density at radius 1 is 1.19 bits per heavy atom. The first-order valence-electron chi connectivity index (χ1n) is 6.60. The fourth-order valence-corrected chi connectivity index (χ4v) is 2.28. The number of carbonyl (C=O) groups excluding carboxylic acids is 1. The van der Waals surface area contributed by atoms with Gasteiger partial charge in [0.25, 0.3) is 0 Å². The zero-order valence-electron chi connectivity index (χ0n) is 11.1. The van der Waals surface area contributed by atoms with Crippen molar-refractivity contribution in [2.24, 2.45) is 0 Å². The molecule has 0 aromatic heterocycles. The molecule has 1 atom stereocenters. The van der Waals surface area contributed by atoms with Crippen LogP contribution in [0.5, 0.6) is 5.75 Å². The molecule has 0 fully saturated rings. The van der Waals surface area contributed by atoms with Gasteiger partial charge in [-0.25, -0.2) is 8.78 Å². The predicted molar refractivity (Wildman–Crippen MR) is 74.4 cm³/mol. The van der Waals surface area contributed by atoms with Crippen molar-refractivity contribution in [2.75, 3.05) is 11.9 Å². The molecular formula is C16H13F2NO2. The Labute approximate surface area is 120 Å². The maximum atomic E-state index is 13.6. The van der Waals surface area contributed by atoms with Gasteiger partial charge in [0.05, 0.1) is 12.2 Å². The van der Waals surface area contributed by atoms with Crippen LogP contribution in [-0.2, 0) is 11.2 Å². The average molecular weight is 289 g/mol. The highest BCUT2D eigenvalue weighted by Gasteiger charge is 2.26. The van der Waals surface area contributed by atoms with Crippen molar-refractivity contribution >= 4 is 11.5 Å². The van der Waals surface area contributed by atoms with E-state index < -0.39 is 17.7 Å². The molecule has 0 saturated heterocycles. The van der Waals surface area contributed by atoms with Crippen LogP contribution in [0, 0.1) is 11.6 Å². The number of halogens is 2. The van der Waals surface area contributed by atoms with Gasteiger partial charge >= 0.3 is 0 Å². The Balaban J connectivity index is 1.74. The van der Waals surface area contributed by atoms with Crippen molar-refractivity contribution < 1.29 is 18.3 Å². The van der Waals surface area contributed by atoms with E-state index in [0.717, 1.165) is 11.8 Å². The van der Waals surface area contributed by atoms with Gasteiger partial charge in [0.15, 0.2) is 23.5 Å². The molecule has 3 rings (SSSR count). The predicted octanol–water partition coefficient (Wildman–Crippen LogP) is 2.95. The molecule has 5 heteroatoms. The summed E-state index contributed by atoms with van der Waals surface area (Å²) in [4.78, 5) is 12.2. The van der Waals surface area contributed by atoms with Gasteiger partial charge < -0.3 is 10.1 Å². The second kappa shape index (κ2) is 5.52. The first kappa shape index (κ1) is 13.5. The number of ketones is 1. The van der Waals surface area contributed by atoms with Gasteiger partial charge in [-0.3, -0.25) is 4.79 Å². The molecule has 21 heavy (non-hydrogen) atoms. The van der Waals surface area contributed by atoms with Crippen LogP contribution in [0.1, 0.15) is 5.56 Å². The third-order valence-electron chi connectivity index (χ3n) is 3.39. The smallest absolute Gasteiger partial charge is 0.179 e. The maximum Gasteiger partial charge on any atom is 0.179 e. The number of fused-ring (bicyclic) bond motifs is 1. The SMILES string of the molecule is O=C(Cc1cccc(F)c1F)C1CNc2ccccc2O1. The van der Waals surface area contributed by atoms with Crippen LogP contribution < -0.4 is 10.1 Å². The second-order valence-electron chi connectivity index (χ2n) is 4.84. The van der Waals surface area contributed by atoms with E-state index in [1.807, 2.05) is 12.1 Å². The van der Waals surface area contributed by atoms with E-state index in [1.165, 1.54) is 12.1 Å². The van der Waals surface area contributed by atoms with Crippen molar-refractivity contribution in [1.82, 2.24) is 0 Å². The summed E-state index contributed by atoms with van der Waals surface area (Å²) in [5.74, 6) is -1.63. The standard InChI is InChI=1S/C16H13F2NO2/c17-11-5-3-4-10(16(11)18)8-13(20)15-9-19-12-6-1-2-7-14(12)21-15/h1-7,15,19H,8-9H2. The monoisotopic (exact) mass is 289 g/mol. The van der Waals surface area contributed by atoms with Crippen molar-refractivity contribution in [3.8, 4) is 5.75 Å². The quantitative estimate of drug-likeness (QED) is 0.944. The van der Waals surface area contributed by atoms with E-state index in [-0.39, 0.29) is 17.8 Å². The van der Waals surface area contributed by atoms with Gasteiger partial charge in [-0.05, 0) is 23.8 Å². The summed E-state index contributed by atoms with van der Waals surface area (Å²) < 4.78 is 32.3. The van der Waals surface area contributed by atoms with Crippen LogP contribution in [-0.4, -0.2) is 18.4 Å². The number of benzene rings is 2. The summed E-state index contributed by atoms with van der Waals surface area (Å²) in [5, 5.41) is 3.09. The molecule has 108 valence electrons. The van der Waals surface area contributed by atoms with Crippen LogP contribution in [0.3, 0.4) is 0 Å². The number of carbonyl (C=O) groups is 1. The van der Waals surface area contributed by atoms with E-state index >= 15 is 0 Å². The molecule has 1 aliphatic heterocycles. The fraction of sp³-hybridized carbons (Fsp3) is 0.188. The van der Waals surface area contributed by atoms with Gasteiger partial charge in [0.1, 0.15) is 5.75 Å². The average Bonchev–Trinajstić information content (AvgIpc) is 2.51. The molecule has 0 saturated carbocycles. The van der Waals surface area contributed by atoms with Crippen LogP contribution in [0.4, 0.5) is 14.5 Å². The van der Waals surface area contributed by atoms with Crippen molar-refractivity contribution in [2.45, 2.75) is 12.5 Å². The first-order chi connectivity index (χ1) is 10.1. The second-order valence-corrected chi connectivity index (χ2v) is 4.84. The van der Waals surface area contributed by atoms with Gasteiger partial charge in [-0.2, -0.15) is 0 Å². The molecule has 0 bridgehead atoms. The number of nitrogens with one attached hydrogen (secondary N) is 1. The highest BCUT2D eigenvalue weighted by atomic mass is 19.2. The van der Waals surface area contributed by atoms with E-state index in [0.29, 0.717) is 12.3 Å². The number of hydrogen-bond donors (Lipinski definition) is 1.